The fourth-order valence-electron chi connectivity index (χ4n) is 2.85. The van der Waals surface area contributed by atoms with E-state index in [9.17, 15) is 0 Å². The Labute approximate surface area is 121 Å². The van der Waals surface area contributed by atoms with Crippen LogP contribution in [0.1, 0.15) is 22.3 Å². The first kappa shape index (κ1) is 14.4. The molecule has 0 aliphatic rings. The number of hydrogen-bond acceptors (Lipinski definition) is 2. The molecule has 2 aromatic carbocycles. The quantitative estimate of drug-likeness (QED) is 0.811. The van der Waals surface area contributed by atoms with Crippen molar-refractivity contribution in [3.63, 3.8) is 0 Å². The van der Waals surface area contributed by atoms with Crippen molar-refractivity contribution in [3.8, 4) is 22.6 Å². The molecule has 2 rings (SSSR count). The predicted octanol–water partition coefficient (Wildman–Crippen LogP) is 4.60. The van der Waals surface area contributed by atoms with Gasteiger partial charge >= 0.3 is 0 Å². The van der Waals surface area contributed by atoms with Crippen LogP contribution in [0.2, 0.25) is 0 Å². The van der Waals surface area contributed by atoms with Crippen molar-refractivity contribution in [1.82, 2.24) is 0 Å². The van der Waals surface area contributed by atoms with Crippen LogP contribution in [-0.4, -0.2) is 14.2 Å². The van der Waals surface area contributed by atoms with Crippen LogP contribution in [0.5, 0.6) is 11.5 Å². The van der Waals surface area contributed by atoms with Crippen molar-refractivity contribution in [2.75, 3.05) is 14.2 Å². The predicted molar refractivity (Wildman–Crippen MR) is 83.9 cm³/mol. The van der Waals surface area contributed by atoms with Gasteiger partial charge in [0.15, 0.2) is 11.5 Å². The van der Waals surface area contributed by atoms with E-state index >= 15 is 0 Å². The van der Waals surface area contributed by atoms with Gasteiger partial charge in [-0.1, -0.05) is 17.7 Å². The molecule has 0 atom stereocenters. The monoisotopic (exact) mass is 270 g/mol. The molecule has 0 saturated carbocycles. The van der Waals surface area contributed by atoms with E-state index in [1.165, 1.54) is 33.4 Å². The summed E-state index contributed by atoms with van der Waals surface area (Å²) in [5, 5.41) is 0. The summed E-state index contributed by atoms with van der Waals surface area (Å²) in [4.78, 5) is 0. The zero-order valence-corrected chi connectivity index (χ0v) is 13.1. The van der Waals surface area contributed by atoms with Gasteiger partial charge in [0.25, 0.3) is 0 Å². The molecular weight excluding hydrogens is 248 g/mol. The van der Waals surface area contributed by atoms with Gasteiger partial charge in [-0.15, -0.1) is 0 Å². The number of benzene rings is 2. The van der Waals surface area contributed by atoms with Crippen molar-refractivity contribution in [3.05, 3.63) is 46.5 Å². The molecule has 0 saturated heterocycles. The number of ether oxygens (including phenoxy) is 2. The van der Waals surface area contributed by atoms with Crippen LogP contribution in [-0.2, 0) is 0 Å². The first-order valence-electron chi connectivity index (χ1n) is 6.78. The summed E-state index contributed by atoms with van der Waals surface area (Å²) in [6.07, 6.45) is 0. The zero-order valence-electron chi connectivity index (χ0n) is 13.1. The first-order valence-corrected chi connectivity index (χ1v) is 6.78. The van der Waals surface area contributed by atoms with Crippen molar-refractivity contribution in [1.29, 1.82) is 0 Å². The van der Waals surface area contributed by atoms with E-state index in [1.807, 2.05) is 6.07 Å². The maximum absolute atomic E-state index is 5.43. The molecule has 0 amide bonds. The second kappa shape index (κ2) is 5.58. The van der Waals surface area contributed by atoms with Crippen molar-refractivity contribution in [2.45, 2.75) is 27.7 Å². The lowest BCUT2D eigenvalue weighted by Crippen LogP contribution is -1.96. The highest BCUT2D eigenvalue weighted by Crippen LogP contribution is 2.38. The second-order valence-corrected chi connectivity index (χ2v) is 5.30. The number of rotatable bonds is 3. The van der Waals surface area contributed by atoms with E-state index in [2.05, 4.69) is 45.9 Å². The van der Waals surface area contributed by atoms with Crippen LogP contribution in [0.3, 0.4) is 0 Å². The molecule has 0 unspecified atom stereocenters. The molecule has 0 N–H and O–H groups in total. The largest absolute Gasteiger partial charge is 0.493 e. The van der Waals surface area contributed by atoms with Gasteiger partial charge in [-0.3, -0.25) is 0 Å². The lowest BCUT2D eigenvalue weighted by Gasteiger charge is -2.17. The Bertz CT molecular complexity index is 619. The van der Waals surface area contributed by atoms with Crippen LogP contribution in [0.25, 0.3) is 11.1 Å². The maximum Gasteiger partial charge on any atom is 0.161 e. The molecule has 0 fully saturated rings. The van der Waals surface area contributed by atoms with Gasteiger partial charge in [0.1, 0.15) is 0 Å². The van der Waals surface area contributed by atoms with Gasteiger partial charge in [-0.25, -0.2) is 0 Å². The fraction of sp³-hybridized carbons (Fsp3) is 0.333. The third-order valence-corrected chi connectivity index (χ3v) is 3.68. The molecular formula is C18H22O2. The van der Waals surface area contributed by atoms with Crippen molar-refractivity contribution < 1.29 is 9.47 Å². The van der Waals surface area contributed by atoms with Crippen molar-refractivity contribution >= 4 is 0 Å². The zero-order chi connectivity index (χ0) is 14.9. The average molecular weight is 270 g/mol. The van der Waals surface area contributed by atoms with Gasteiger partial charge in [-0.05, 0) is 67.6 Å². The van der Waals surface area contributed by atoms with Crippen LogP contribution in [0, 0.1) is 27.7 Å². The smallest absolute Gasteiger partial charge is 0.161 e. The maximum atomic E-state index is 5.43. The van der Waals surface area contributed by atoms with E-state index < -0.39 is 0 Å². The van der Waals surface area contributed by atoms with Crippen LogP contribution in [0.4, 0.5) is 0 Å². The molecule has 0 radical (unpaired) electrons. The Morgan fingerprint density at radius 2 is 1.15 bits per heavy atom. The lowest BCUT2D eigenvalue weighted by molar-refractivity contribution is 0.355. The normalized spacial score (nSPS) is 10.5. The summed E-state index contributed by atoms with van der Waals surface area (Å²) in [7, 11) is 3.34. The highest BCUT2D eigenvalue weighted by atomic mass is 16.5. The molecule has 20 heavy (non-hydrogen) atoms. The van der Waals surface area contributed by atoms with Crippen molar-refractivity contribution in [2.24, 2.45) is 0 Å². The minimum absolute atomic E-state index is 0.771. The highest BCUT2D eigenvalue weighted by molar-refractivity contribution is 5.76. The summed E-state index contributed by atoms with van der Waals surface area (Å²) in [6, 6.07) is 8.54. The van der Waals surface area contributed by atoms with E-state index in [1.54, 1.807) is 14.2 Å². The Kier molecular flexibility index (Phi) is 4.03. The summed E-state index contributed by atoms with van der Waals surface area (Å²) in [5.41, 5.74) is 7.56. The third kappa shape index (κ3) is 2.51. The second-order valence-electron chi connectivity index (χ2n) is 5.30. The minimum atomic E-state index is 0.771. The van der Waals surface area contributed by atoms with E-state index in [0.717, 1.165) is 11.5 Å². The summed E-state index contributed by atoms with van der Waals surface area (Å²) in [6.45, 7) is 8.55. The Hall–Kier alpha value is -1.96. The van der Waals surface area contributed by atoms with Gasteiger partial charge < -0.3 is 9.47 Å². The lowest BCUT2D eigenvalue weighted by atomic mass is 9.91. The van der Waals surface area contributed by atoms with Gasteiger partial charge in [0, 0.05) is 0 Å². The first-order chi connectivity index (χ1) is 9.47. The number of methoxy groups -OCH3 is 2. The molecule has 0 heterocycles. The number of hydrogen-bond donors (Lipinski definition) is 0. The van der Waals surface area contributed by atoms with Gasteiger partial charge in [0.05, 0.1) is 14.2 Å². The van der Waals surface area contributed by atoms with E-state index in [4.69, 9.17) is 9.47 Å². The molecule has 2 heteroatoms. The molecule has 0 aromatic heterocycles. The summed E-state index contributed by atoms with van der Waals surface area (Å²) < 4.78 is 10.8. The average Bonchev–Trinajstić information content (AvgIpc) is 2.38. The van der Waals surface area contributed by atoms with Crippen LogP contribution >= 0.6 is 0 Å². The molecule has 0 spiro atoms. The number of aryl methyl sites for hydroxylation is 4. The molecule has 106 valence electrons. The summed E-state index contributed by atoms with van der Waals surface area (Å²) >= 11 is 0. The van der Waals surface area contributed by atoms with E-state index in [0.29, 0.717) is 0 Å². The molecule has 0 aliphatic carbocycles. The van der Waals surface area contributed by atoms with Gasteiger partial charge in [0.2, 0.25) is 0 Å². The molecule has 0 aliphatic heterocycles. The topological polar surface area (TPSA) is 18.5 Å². The SMILES string of the molecule is COc1cc(C)c(-c2c(C)cc(C)cc2C)cc1OC. The fourth-order valence-corrected chi connectivity index (χ4v) is 2.85. The summed E-state index contributed by atoms with van der Waals surface area (Å²) in [5.74, 6) is 1.55. The third-order valence-electron chi connectivity index (χ3n) is 3.68. The highest BCUT2D eigenvalue weighted by Gasteiger charge is 2.13. The molecule has 0 bridgehead atoms. The van der Waals surface area contributed by atoms with E-state index in [-0.39, 0.29) is 0 Å². The molecule has 2 nitrogen and oxygen atoms in total. The standard InChI is InChI=1S/C18H22O2/c1-11-7-13(3)18(14(4)8-11)15-10-17(20-6)16(19-5)9-12(15)2/h7-10H,1-6H3. The minimum Gasteiger partial charge on any atom is -0.493 e. The van der Waals surface area contributed by atoms with Crippen LogP contribution in [0.15, 0.2) is 24.3 Å². The van der Waals surface area contributed by atoms with Gasteiger partial charge in [-0.2, -0.15) is 0 Å². The Morgan fingerprint density at radius 3 is 1.65 bits per heavy atom. The Balaban J connectivity index is 2.70. The van der Waals surface area contributed by atoms with Crippen LogP contribution < -0.4 is 9.47 Å². The Morgan fingerprint density at radius 1 is 0.650 bits per heavy atom. The molecule has 2 aromatic rings.